The van der Waals surface area contributed by atoms with E-state index in [1.54, 1.807) is 62.5 Å². The lowest BCUT2D eigenvalue weighted by Crippen LogP contribution is -2.45. The number of anilines is 1. The highest BCUT2D eigenvalue weighted by molar-refractivity contribution is 6.30. The van der Waals surface area contributed by atoms with E-state index >= 15 is 0 Å². The number of hydrogen-bond donors (Lipinski definition) is 0. The molecule has 0 radical (unpaired) electrons. The smallest absolute Gasteiger partial charge is 0.332 e. The molecule has 2 aromatic rings. The predicted octanol–water partition coefficient (Wildman–Crippen LogP) is 3.07. The van der Waals surface area contributed by atoms with Crippen LogP contribution in [-0.2, 0) is 19.1 Å². The lowest BCUT2D eigenvalue weighted by molar-refractivity contribution is -0.153. The molecule has 2 unspecified atom stereocenters. The van der Waals surface area contributed by atoms with Crippen molar-refractivity contribution in [2.75, 3.05) is 18.2 Å². The fourth-order valence-corrected chi connectivity index (χ4v) is 3.13. The van der Waals surface area contributed by atoms with E-state index in [-0.39, 0.29) is 13.2 Å². The number of ether oxygens (including phenoxy) is 2. The first-order valence-electron chi connectivity index (χ1n) is 8.94. The molecule has 0 amide bonds. The number of pyridine rings is 1. The van der Waals surface area contributed by atoms with Crippen molar-refractivity contribution in [3.05, 3.63) is 59.4 Å². The molecule has 0 spiro atoms. The quantitative estimate of drug-likeness (QED) is 0.692. The maximum absolute atomic E-state index is 12.8. The van der Waals surface area contributed by atoms with Gasteiger partial charge in [0.25, 0.3) is 0 Å². The Morgan fingerprint density at radius 3 is 2.32 bits per heavy atom. The number of carbonyl (C=O) groups is 2. The summed E-state index contributed by atoms with van der Waals surface area (Å²) < 4.78 is 10.5. The molecule has 7 nitrogen and oxygen atoms in total. The Kier molecular flexibility index (Phi) is 6.26. The molecule has 28 heavy (non-hydrogen) atoms. The summed E-state index contributed by atoms with van der Waals surface area (Å²) in [6, 6.07) is 11.1. The number of nitrogens with zero attached hydrogens (tertiary/aromatic N) is 3. The zero-order valence-electron chi connectivity index (χ0n) is 15.5. The van der Waals surface area contributed by atoms with Gasteiger partial charge in [-0.2, -0.15) is 5.10 Å². The fraction of sp³-hybridized carbons (Fsp3) is 0.300. The minimum Gasteiger partial charge on any atom is -0.465 e. The third-order valence-corrected chi connectivity index (χ3v) is 4.43. The third kappa shape index (κ3) is 3.99. The van der Waals surface area contributed by atoms with Crippen molar-refractivity contribution in [2.24, 2.45) is 11.0 Å². The van der Waals surface area contributed by atoms with Crippen LogP contribution < -0.4 is 5.01 Å². The van der Waals surface area contributed by atoms with Crippen molar-refractivity contribution >= 4 is 34.9 Å². The van der Waals surface area contributed by atoms with Crippen LogP contribution in [0.1, 0.15) is 19.5 Å². The van der Waals surface area contributed by atoms with E-state index in [1.807, 2.05) is 0 Å². The SMILES string of the molecule is CCOC(=O)C1C(c2ccccn2)=NN(c2ccc(Cl)cc2)C1C(=O)OCC. The minimum absolute atomic E-state index is 0.179. The molecule has 146 valence electrons. The first kappa shape index (κ1) is 19.8. The van der Waals surface area contributed by atoms with Crippen LogP contribution in [0, 0.1) is 5.92 Å². The lowest BCUT2D eigenvalue weighted by Gasteiger charge is -2.25. The number of rotatable bonds is 6. The van der Waals surface area contributed by atoms with Gasteiger partial charge in [0.2, 0.25) is 0 Å². The summed E-state index contributed by atoms with van der Waals surface area (Å²) in [6.45, 7) is 3.78. The Morgan fingerprint density at radius 1 is 1.04 bits per heavy atom. The van der Waals surface area contributed by atoms with Crippen molar-refractivity contribution in [3.8, 4) is 0 Å². The minimum atomic E-state index is -1.00. The van der Waals surface area contributed by atoms with Gasteiger partial charge in [-0.25, -0.2) is 9.80 Å². The molecule has 3 rings (SSSR count). The fourth-order valence-electron chi connectivity index (χ4n) is 3.00. The first-order valence-corrected chi connectivity index (χ1v) is 9.32. The Balaban J connectivity index is 2.11. The third-order valence-electron chi connectivity index (χ3n) is 4.18. The van der Waals surface area contributed by atoms with Gasteiger partial charge in [-0.05, 0) is 50.2 Å². The lowest BCUT2D eigenvalue weighted by atomic mass is 9.93. The van der Waals surface area contributed by atoms with E-state index in [0.717, 1.165) is 0 Å². The summed E-state index contributed by atoms with van der Waals surface area (Å²) in [6.07, 6.45) is 1.60. The van der Waals surface area contributed by atoms with Gasteiger partial charge in [-0.1, -0.05) is 17.7 Å². The van der Waals surface area contributed by atoms with Gasteiger partial charge in [0.15, 0.2) is 6.04 Å². The number of halogens is 1. The molecule has 1 aromatic heterocycles. The molecule has 0 saturated carbocycles. The molecule has 0 aliphatic carbocycles. The standard InChI is InChI=1S/C20H20ClN3O4/c1-3-27-19(25)16-17(15-7-5-6-12-22-15)23-24(18(16)20(26)28-4-2)14-10-8-13(21)9-11-14/h5-12,16,18H,3-4H2,1-2H3. The van der Waals surface area contributed by atoms with Crippen LogP contribution in [0.15, 0.2) is 53.8 Å². The highest BCUT2D eigenvalue weighted by Gasteiger charge is 2.49. The van der Waals surface area contributed by atoms with Gasteiger partial charge in [0, 0.05) is 11.2 Å². The van der Waals surface area contributed by atoms with Gasteiger partial charge < -0.3 is 9.47 Å². The van der Waals surface area contributed by atoms with E-state index in [1.165, 1.54) is 5.01 Å². The van der Waals surface area contributed by atoms with Gasteiger partial charge >= 0.3 is 11.9 Å². The number of aromatic nitrogens is 1. The molecule has 1 aliphatic heterocycles. The molecule has 1 aliphatic rings. The molecular weight excluding hydrogens is 382 g/mol. The van der Waals surface area contributed by atoms with Crippen LogP contribution in [0.2, 0.25) is 5.02 Å². The summed E-state index contributed by atoms with van der Waals surface area (Å²) in [4.78, 5) is 29.9. The highest BCUT2D eigenvalue weighted by atomic mass is 35.5. The largest absolute Gasteiger partial charge is 0.465 e. The van der Waals surface area contributed by atoms with Crippen molar-refractivity contribution in [1.82, 2.24) is 4.98 Å². The Hall–Kier alpha value is -2.93. The Morgan fingerprint density at radius 2 is 1.71 bits per heavy atom. The topological polar surface area (TPSA) is 81.1 Å². The molecule has 0 saturated heterocycles. The van der Waals surface area contributed by atoms with Crippen molar-refractivity contribution in [3.63, 3.8) is 0 Å². The average molecular weight is 402 g/mol. The molecule has 0 fully saturated rings. The summed E-state index contributed by atoms with van der Waals surface area (Å²) in [5.74, 6) is -2.09. The van der Waals surface area contributed by atoms with Crippen LogP contribution in [-0.4, -0.2) is 41.9 Å². The highest BCUT2D eigenvalue weighted by Crippen LogP contribution is 2.33. The van der Waals surface area contributed by atoms with Crippen LogP contribution in [0.4, 0.5) is 5.69 Å². The number of esters is 2. The zero-order chi connectivity index (χ0) is 20.1. The zero-order valence-corrected chi connectivity index (χ0v) is 16.3. The van der Waals surface area contributed by atoms with Crippen LogP contribution >= 0.6 is 11.6 Å². The van der Waals surface area contributed by atoms with Crippen molar-refractivity contribution < 1.29 is 19.1 Å². The van der Waals surface area contributed by atoms with Crippen molar-refractivity contribution in [2.45, 2.75) is 19.9 Å². The maximum Gasteiger partial charge on any atom is 0.332 e. The Labute approximate surface area is 167 Å². The number of carbonyl (C=O) groups excluding carboxylic acids is 2. The second-order valence-electron chi connectivity index (χ2n) is 5.95. The second-order valence-corrected chi connectivity index (χ2v) is 6.38. The number of benzene rings is 1. The van der Waals surface area contributed by atoms with Gasteiger partial charge in [-0.3, -0.25) is 9.78 Å². The van der Waals surface area contributed by atoms with Crippen molar-refractivity contribution in [1.29, 1.82) is 0 Å². The number of hydrogen-bond acceptors (Lipinski definition) is 7. The summed E-state index contributed by atoms with van der Waals surface area (Å²) >= 11 is 5.98. The molecule has 2 atom stereocenters. The maximum atomic E-state index is 12.8. The first-order chi connectivity index (χ1) is 13.6. The van der Waals surface area contributed by atoms with Gasteiger partial charge in [-0.15, -0.1) is 0 Å². The molecule has 8 heteroatoms. The van der Waals surface area contributed by atoms with E-state index in [9.17, 15) is 9.59 Å². The summed E-state index contributed by atoms with van der Waals surface area (Å²) in [5.41, 5.74) is 1.45. The van der Waals surface area contributed by atoms with Crippen LogP contribution in [0.3, 0.4) is 0 Å². The molecule has 0 bridgehead atoms. The van der Waals surface area contributed by atoms with Crippen LogP contribution in [0.5, 0.6) is 0 Å². The number of hydrazone groups is 1. The summed E-state index contributed by atoms with van der Waals surface area (Å²) in [5, 5.41) is 6.59. The van der Waals surface area contributed by atoms with Gasteiger partial charge in [0.05, 0.1) is 24.6 Å². The second kappa shape index (κ2) is 8.84. The van der Waals surface area contributed by atoms with Gasteiger partial charge in [0.1, 0.15) is 11.6 Å². The van der Waals surface area contributed by atoms with Crippen LogP contribution in [0.25, 0.3) is 0 Å². The molecule has 2 heterocycles. The molecular formula is C20H20ClN3O4. The normalized spacial score (nSPS) is 18.5. The monoisotopic (exact) mass is 401 g/mol. The van der Waals surface area contributed by atoms with E-state index in [0.29, 0.717) is 22.1 Å². The van der Waals surface area contributed by atoms with E-state index < -0.39 is 23.9 Å². The van der Waals surface area contributed by atoms with E-state index in [4.69, 9.17) is 21.1 Å². The molecule has 0 N–H and O–H groups in total. The predicted molar refractivity (Wildman–Crippen MR) is 105 cm³/mol. The average Bonchev–Trinajstić information content (AvgIpc) is 3.10. The van der Waals surface area contributed by atoms with E-state index in [2.05, 4.69) is 10.1 Å². The Bertz CT molecular complexity index is 871. The summed E-state index contributed by atoms with van der Waals surface area (Å²) in [7, 11) is 0. The molecule has 1 aromatic carbocycles.